The van der Waals surface area contributed by atoms with Crippen molar-refractivity contribution in [2.45, 2.75) is 19.9 Å². The molecule has 0 fully saturated rings. The van der Waals surface area contributed by atoms with E-state index in [4.69, 9.17) is 23.2 Å². The SMILES string of the molecule is CCCn1ncc(Cl)c1C(=O)c1ccc(Cl)nc1. The topological polar surface area (TPSA) is 47.8 Å². The Bertz CT molecular complexity index is 563. The Labute approximate surface area is 115 Å². The highest BCUT2D eigenvalue weighted by Crippen LogP contribution is 2.19. The molecule has 0 saturated heterocycles. The van der Waals surface area contributed by atoms with E-state index in [2.05, 4.69) is 10.1 Å². The fourth-order valence-electron chi connectivity index (χ4n) is 1.62. The average Bonchev–Trinajstić information content (AvgIpc) is 2.71. The normalized spacial score (nSPS) is 10.6. The molecule has 0 radical (unpaired) electrons. The van der Waals surface area contributed by atoms with E-state index < -0.39 is 0 Å². The lowest BCUT2D eigenvalue weighted by molar-refractivity contribution is 0.102. The van der Waals surface area contributed by atoms with Crippen LogP contribution in [0, 0.1) is 0 Å². The number of ketones is 1. The monoisotopic (exact) mass is 283 g/mol. The van der Waals surface area contributed by atoms with Crippen molar-refractivity contribution in [2.75, 3.05) is 0 Å². The van der Waals surface area contributed by atoms with E-state index in [1.54, 1.807) is 16.8 Å². The van der Waals surface area contributed by atoms with E-state index >= 15 is 0 Å². The smallest absolute Gasteiger partial charge is 0.214 e. The second kappa shape index (κ2) is 5.50. The Kier molecular flexibility index (Phi) is 3.99. The number of rotatable bonds is 4. The van der Waals surface area contributed by atoms with Crippen molar-refractivity contribution >= 4 is 29.0 Å². The first-order chi connectivity index (χ1) is 8.63. The van der Waals surface area contributed by atoms with E-state index in [0.717, 1.165) is 6.42 Å². The summed E-state index contributed by atoms with van der Waals surface area (Å²) in [5, 5.41) is 4.78. The van der Waals surface area contributed by atoms with Gasteiger partial charge in [0.15, 0.2) is 0 Å². The highest BCUT2D eigenvalue weighted by molar-refractivity contribution is 6.34. The molecule has 2 rings (SSSR count). The summed E-state index contributed by atoms with van der Waals surface area (Å²) < 4.78 is 1.61. The Hall–Kier alpha value is -1.39. The standard InChI is InChI=1S/C12H11Cl2N3O/c1-2-5-17-11(9(13)7-16-17)12(18)8-3-4-10(14)15-6-8/h3-4,6-7H,2,5H2,1H3. The van der Waals surface area contributed by atoms with Gasteiger partial charge in [-0.1, -0.05) is 30.1 Å². The molecule has 2 aromatic rings. The Morgan fingerprint density at radius 2 is 2.11 bits per heavy atom. The van der Waals surface area contributed by atoms with Gasteiger partial charge in [0.05, 0.1) is 11.2 Å². The number of nitrogens with zero attached hydrogens (tertiary/aromatic N) is 3. The first-order valence-electron chi connectivity index (χ1n) is 5.51. The summed E-state index contributed by atoms with van der Waals surface area (Å²) in [5.74, 6) is -0.199. The summed E-state index contributed by atoms with van der Waals surface area (Å²) in [6.07, 6.45) is 3.79. The molecule has 0 aliphatic carbocycles. The molecule has 4 nitrogen and oxygen atoms in total. The fraction of sp³-hybridized carbons (Fsp3) is 0.250. The van der Waals surface area contributed by atoms with E-state index in [1.807, 2.05) is 6.92 Å². The molecule has 0 aliphatic heterocycles. The third-order valence-corrected chi connectivity index (χ3v) is 2.94. The lowest BCUT2D eigenvalue weighted by Crippen LogP contribution is -2.12. The van der Waals surface area contributed by atoms with Crippen molar-refractivity contribution in [3.8, 4) is 0 Å². The summed E-state index contributed by atoms with van der Waals surface area (Å²) in [6.45, 7) is 2.66. The molecule has 0 aliphatic rings. The van der Waals surface area contributed by atoms with Crippen LogP contribution in [0.15, 0.2) is 24.5 Å². The van der Waals surface area contributed by atoms with Crippen molar-refractivity contribution in [1.82, 2.24) is 14.8 Å². The summed E-state index contributed by atoms with van der Waals surface area (Å²) >= 11 is 11.7. The Morgan fingerprint density at radius 3 is 2.72 bits per heavy atom. The molecular formula is C12H11Cl2N3O. The zero-order chi connectivity index (χ0) is 13.1. The summed E-state index contributed by atoms with van der Waals surface area (Å²) in [4.78, 5) is 16.2. The van der Waals surface area contributed by atoms with Crippen LogP contribution in [-0.2, 0) is 6.54 Å². The van der Waals surface area contributed by atoms with Crippen molar-refractivity contribution in [3.05, 3.63) is 46.0 Å². The van der Waals surface area contributed by atoms with Crippen molar-refractivity contribution < 1.29 is 4.79 Å². The maximum Gasteiger partial charge on any atom is 0.214 e. The van der Waals surface area contributed by atoms with Gasteiger partial charge in [0.25, 0.3) is 0 Å². The maximum atomic E-state index is 12.3. The van der Waals surface area contributed by atoms with Gasteiger partial charge in [-0.3, -0.25) is 9.48 Å². The molecule has 94 valence electrons. The number of pyridine rings is 1. The van der Waals surface area contributed by atoms with Crippen LogP contribution in [0.25, 0.3) is 0 Å². The number of carbonyl (C=O) groups is 1. The molecule has 0 unspecified atom stereocenters. The third-order valence-electron chi connectivity index (χ3n) is 2.43. The molecule has 0 bridgehead atoms. The van der Waals surface area contributed by atoms with E-state index in [-0.39, 0.29) is 5.78 Å². The molecule has 18 heavy (non-hydrogen) atoms. The number of aromatic nitrogens is 3. The van der Waals surface area contributed by atoms with Gasteiger partial charge in [-0.2, -0.15) is 5.10 Å². The van der Waals surface area contributed by atoms with Gasteiger partial charge in [0, 0.05) is 18.3 Å². The predicted octanol–water partition coefficient (Wildman–Crippen LogP) is 3.23. The van der Waals surface area contributed by atoms with E-state index in [1.165, 1.54) is 12.4 Å². The number of halogens is 2. The quantitative estimate of drug-likeness (QED) is 0.639. The second-order valence-electron chi connectivity index (χ2n) is 3.76. The van der Waals surface area contributed by atoms with Crippen LogP contribution in [0.3, 0.4) is 0 Å². The molecule has 6 heteroatoms. The van der Waals surface area contributed by atoms with Gasteiger partial charge in [-0.25, -0.2) is 4.98 Å². The van der Waals surface area contributed by atoms with E-state index in [9.17, 15) is 4.79 Å². The van der Waals surface area contributed by atoms with Crippen LogP contribution in [0.1, 0.15) is 29.4 Å². The summed E-state index contributed by atoms with van der Waals surface area (Å²) in [5.41, 5.74) is 0.835. The zero-order valence-corrected chi connectivity index (χ0v) is 11.2. The lowest BCUT2D eigenvalue weighted by Gasteiger charge is -2.05. The minimum atomic E-state index is -0.199. The van der Waals surface area contributed by atoms with Crippen molar-refractivity contribution in [3.63, 3.8) is 0 Å². The van der Waals surface area contributed by atoms with Crippen molar-refractivity contribution in [1.29, 1.82) is 0 Å². The maximum absolute atomic E-state index is 12.3. The van der Waals surface area contributed by atoms with Crippen molar-refractivity contribution in [2.24, 2.45) is 0 Å². The summed E-state index contributed by atoms with van der Waals surface area (Å²) in [6, 6.07) is 3.19. The molecule has 0 N–H and O–H groups in total. The van der Waals surface area contributed by atoms with Gasteiger partial charge >= 0.3 is 0 Å². The van der Waals surface area contributed by atoms with Gasteiger partial charge in [0.2, 0.25) is 5.78 Å². The van der Waals surface area contributed by atoms with Crippen LogP contribution in [-0.4, -0.2) is 20.5 Å². The van der Waals surface area contributed by atoms with Crippen LogP contribution in [0.4, 0.5) is 0 Å². The summed E-state index contributed by atoms with van der Waals surface area (Å²) in [7, 11) is 0. The van der Waals surface area contributed by atoms with Gasteiger partial charge in [0.1, 0.15) is 10.8 Å². The molecule has 0 aromatic carbocycles. The van der Waals surface area contributed by atoms with Crippen LogP contribution in [0.5, 0.6) is 0 Å². The first kappa shape index (κ1) is 13.1. The van der Waals surface area contributed by atoms with Crippen LogP contribution >= 0.6 is 23.2 Å². The number of carbonyl (C=O) groups excluding carboxylic acids is 1. The highest BCUT2D eigenvalue weighted by Gasteiger charge is 2.19. The minimum Gasteiger partial charge on any atom is -0.287 e. The first-order valence-corrected chi connectivity index (χ1v) is 6.26. The number of hydrogen-bond donors (Lipinski definition) is 0. The molecule has 0 spiro atoms. The Balaban J connectivity index is 2.39. The largest absolute Gasteiger partial charge is 0.287 e. The number of aryl methyl sites for hydroxylation is 1. The predicted molar refractivity (Wildman–Crippen MR) is 70.2 cm³/mol. The highest BCUT2D eigenvalue weighted by atomic mass is 35.5. The number of hydrogen-bond acceptors (Lipinski definition) is 3. The molecule has 2 aromatic heterocycles. The van der Waals surface area contributed by atoms with Gasteiger partial charge in [-0.05, 0) is 18.6 Å². The van der Waals surface area contributed by atoms with Crippen LogP contribution in [0.2, 0.25) is 10.2 Å². The molecule has 2 heterocycles. The molecule has 0 saturated carbocycles. The third kappa shape index (κ3) is 2.54. The molecule has 0 atom stereocenters. The van der Waals surface area contributed by atoms with E-state index in [0.29, 0.717) is 28.0 Å². The Morgan fingerprint density at radius 1 is 1.33 bits per heavy atom. The fourth-order valence-corrected chi connectivity index (χ4v) is 1.96. The van der Waals surface area contributed by atoms with Crippen LogP contribution < -0.4 is 0 Å². The molecular weight excluding hydrogens is 273 g/mol. The average molecular weight is 284 g/mol. The minimum absolute atomic E-state index is 0.199. The lowest BCUT2D eigenvalue weighted by atomic mass is 10.1. The van der Waals surface area contributed by atoms with Gasteiger partial charge in [-0.15, -0.1) is 0 Å². The van der Waals surface area contributed by atoms with Gasteiger partial charge < -0.3 is 0 Å². The zero-order valence-electron chi connectivity index (χ0n) is 9.73. The molecule has 0 amide bonds. The second-order valence-corrected chi connectivity index (χ2v) is 4.56.